The highest BCUT2D eigenvalue weighted by Crippen LogP contribution is 2.34. The minimum atomic E-state index is -0.514. The molecule has 1 fully saturated rings. The van der Waals surface area contributed by atoms with Gasteiger partial charge in [-0.1, -0.05) is 17.7 Å². The molecule has 0 bridgehead atoms. The number of rotatable bonds is 5. The van der Waals surface area contributed by atoms with Crippen molar-refractivity contribution in [1.29, 1.82) is 0 Å². The number of ether oxygens (including phenoxy) is 1. The zero-order chi connectivity index (χ0) is 20.1. The Bertz CT molecular complexity index is 872. The average Bonchev–Trinajstić information content (AvgIpc) is 2.68. The zero-order valence-electron chi connectivity index (χ0n) is 15.2. The van der Waals surface area contributed by atoms with Crippen LogP contribution in [-0.4, -0.2) is 58.7 Å². The maximum Gasteiger partial charge on any atom is 0.409 e. The second kappa shape index (κ2) is 8.70. The molecule has 2 aromatic rings. The van der Waals surface area contributed by atoms with Gasteiger partial charge >= 0.3 is 11.8 Å². The van der Waals surface area contributed by atoms with Gasteiger partial charge in [-0.3, -0.25) is 10.1 Å². The second-order valence-electron chi connectivity index (χ2n) is 5.96. The fraction of sp³-hybridized carbons (Fsp3) is 0.353. The molecule has 1 aromatic heterocycles. The largest absolute Gasteiger partial charge is 0.450 e. The third-order valence-electron chi connectivity index (χ3n) is 4.18. The van der Waals surface area contributed by atoms with E-state index < -0.39 is 4.92 Å². The first-order chi connectivity index (χ1) is 13.5. The van der Waals surface area contributed by atoms with Gasteiger partial charge in [0.05, 0.1) is 11.5 Å². The number of amides is 1. The van der Waals surface area contributed by atoms with E-state index in [4.69, 9.17) is 16.3 Å². The predicted molar refractivity (Wildman–Crippen MR) is 104 cm³/mol. The Balaban J connectivity index is 1.82. The van der Waals surface area contributed by atoms with Gasteiger partial charge in [0.2, 0.25) is 11.6 Å². The van der Waals surface area contributed by atoms with Crippen LogP contribution in [0.15, 0.2) is 30.6 Å². The highest BCUT2D eigenvalue weighted by Gasteiger charge is 2.30. The molecule has 0 atom stereocenters. The number of anilines is 3. The summed E-state index contributed by atoms with van der Waals surface area (Å²) in [6.45, 7) is 3.61. The summed E-state index contributed by atoms with van der Waals surface area (Å²) < 4.78 is 4.99. The van der Waals surface area contributed by atoms with E-state index in [2.05, 4.69) is 15.3 Å². The van der Waals surface area contributed by atoms with Crippen molar-refractivity contribution in [3.63, 3.8) is 0 Å². The first-order valence-corrected chi connectivity index (χ1v) is 9.06. The lowest BCUT2D eigenvalue weighted by Gasteiger charge is -2.34. The van der Waals surface area contributed by atoms with E-state index >= 15 is 0 Å². The van der Waals surface area contributed by atoms with Gasteiger partial charge in [-0.15, -0.1) is 0 Å². The van der Waals surface area contributed by atoms with E-state index in [0.717, 1.165) is 0 Å². The molecule has 2 heterocycles. The third kappa shape index (κ3) is 4.39. The molecule has 1 aromatic carbocycles. The summed E-state index contributed by atoms with van der Waals surface area (Å²) >= 11 is 5.97. The molecule has 1 N–H and O–H groups in total. The van der Waals surface area contributed by atoms with E-state index in [9.17, 15) is 14.9 Å². The summed E-state index contributed by atoms with van der Waals surface area (Å²) in [6.07, 6.45) is 0.884. The normalized spacial score (nSPS) is 13.9. The van der Waals surface area contributed by atoms with Crippen LogP contribution in [0.3, 0.4) is 0 Å². The van der Waals surface area contributed by atoms with Crippen LogP contribution in [0.4, 0.5) is 27.8 Å². The Kier molecular flexibility index (Phi) is 6.09. The van der Waals surface area contributed by atoms with Crippen LogP contribution in [0.1, 0.15) is 6.92 Å². The van der Waals surface area contributed by atoms with Crippen molar-refractivity contribution < 1.29 is 14.5 Å². The van der Waals surface area contributed by atoms with Gasteiger partial charge in [0.25, 0.3) is 0 Å². The van der Waals surface area contributed by atoms with Crippen LogP contribution >= 0.6 is 11.6 Å². The average molecular weight is 407 g/mol. The molecule has 1 saturated heterocycles. The molecule has 148 valence electrons. The summed E-state index contributed by atoms with van der Waals surface area (Å²) in [7, 11) is 0. The second-order valence-corrected chi connectivity index (χ2v) is 6.40. The van der Waals surface area contributed by atoms with Crippen molar-refractivity contribution >= 4 is 40.7 Å². The van der Waals surface area contributed by atoms with Crippen LogP contribution in [0.25, 0.3) is 0 Å². The molecule has 0 saturated carbocycles. The first kappa shape index (κ1) is 19.6. The summed E-state index contributed by atoms with van der Waals surface area (Å²) in [5.41, 5.74) is 0.347. The molecule has 1 amide bonds. The van der Waals surface area contributed by atoms with Crippen molar-refractivity contribution in [2.45, 2.75) is 6.92 Å². The number of aromatic nitrogens is 2. The van der Waals surface area contributed by atoms with Crippen molar-refractivity contribution in [2.24, 2.45) is 0 Å². The van der Waals surface area contributed by atoms with Gasteiger partial charge in [0.15, 0.2) is 0 Å². The quantitative estimate of drug-likeness (QED) is 0.595. The van der Waals surface area contributed by atoms with Gasteiger partial charge < -0.3 is 19.9 Å². The molecule has 0 spiro atoms. The topological polar surface area (TPSA) is 114 Å². The molecule has 0 aliphatic carbocycles. The lowest BCUT2D eigenvalue weighted by molar-refractivity contribution is -0.383. The van der Waals surface area contributed by atoms with Crippen LogP contribution in [0, 0.1) is 10.1 Å². The van der Waals surface area contributed by atoms with E-state index in [1.165, 1.54) is 6.33 Å². The number of carbonyl (C=O) groups is 1. The van der Waals surface area contributed by atoms with E-state index in [-0.39, 0.29) is 23.4 Å². The number of carbonyl (C=O) groups excluding carboxylic acids is 1. The highest BCUT2D eigenvalue weighted by molar-refractivity contribution is 6.30. The maximum atomic E-state index is 11.8. The number of piperazine rings is 1. The highest BCUT2D eigenvalue weighted by atomic mass is 35.5. The monoisotopic (exact) mass is 406 g/mol. The van der Waals surface area contributed by atoms with Crippen LogP contribution < -0.4 is 10.2 Å². The minimum Gasteiger partial charge on any atom is -0.450 e. The number of nitro groups is 1. The van der Waals surface area contributed by atoms with Crippen molar-refractivity contribution in [3.05, 3.63) is 45.7 Å². The Morgan fingerprint density at radius 3 is 2.71 bits per heavy atom. The van der Waals surface area contributed by atoms with Gasteiger partial charge in [0.1, 0.15) is 6.33 Å². The van der Waals surface area contributed by atoms with E-state index in [1.54, 1.807) is 41.0 Å². The summed E-state index contributed by atoms with van der Waals surface area (Å²) in [5.74, 6) is 0.276. The molecule has 1 aliphatic rings. The Morgan fingerprint density at radius 2 is 2.07 bits per heavy atom. The number of nitrogens with zero attached hydrogens (tertiary/aromatic N) is 5. The number of nitrogens with one attached hydrogen (secondary N) is 1. The molecule has 3 rings (SSSR count). The van der Waals surface area contributed by atoms with Crippen LogP contribution in [0.5, 0.6) is 0 Å². The third-order valence-corrected chi connectivity index (χ3v) is 4.41. The van der Waals surface area contributed by atoms with Crippen molar-refractivity contribution in [1.82, 2.24) is 14.9 Å². The molecule has 28 heavy (non-hydrogen) atoms. The van der Waals surface area contributed by atoms with Gasteiger partial charge in [-0.25, -0.2) is 14.8 Å². The van der Waals surface area contributed by atoms with Crippen LogP contribution in [-0.2, 0) is 4.74 Å². The summed E-state index contributed by atoms with van der Waals surface area (Å²) in [5, 5.41) is 15.2. The van der Waals surface area contributed by atoms with Gasteiger partial charge in [-0.2, -0.15) is 0 Å². The smallest absolute Gasteiger partial charge is 0.409 e. The molecule has 0 unspecified atom stereocenters. The lowest BCUT2D eigenvalue weighted by atomic mass is 10.3. The van der Waals surface area contributed by atoms with Crippen molar-refractivity contribution in [2.75, 3.05) is 43.0 Å². The van der Waals surface area contributed by atoms with Gasteiger partial charge in [0, 0.05) is 36.9 Å². The van der Waals surface area contributed by atoms with E-state index in [1.807, 2.05) is 0 Å². The summed E-state index contributed by atoms with van der Waals surface area (Å²) in [6, 6.07) is 6.81. The maximum absolute atomic E-state index is 11.8. The molecule has 0 radical (unpaired) electrons. The minimum absolute atomic E-state index is 0.0742. The standard InChI is InChI=1S/C17H19ClN6O4/c1-2-28-17(25)23-8-6-22(7-9-23)16-14(24(26)27)15(19-11-20-16)21-13-5-3-4-12(18)10-13/h3-5,10-11H,2,6-9H2,1H3,(H,19,20,21). The summed E-state index contributed by atoms with van der Waals surface area (Å²) in [4.78, 5) is 34.5. The predicted octanol–water partition coefficient (Wildman–Crippen LogP) is 3.06. The van der Waals surface area contributed by atoms with Crippen molar-refractivity contribution in [3.8, 4) is 0 Å². The number of halogens is 1. The fourth-order valence-electron chi connectivity index (χ4n) is 2.88. The Hall–Kier alpha value is -3.14. The number of hydrogen-bond acceptors (Lipinski definition) is 8. The number of hydrogen-bond donors (Lipinski definition) is 1. The SMILES string of the molecule is CCOC(=O)N1CCN(c2ncnc(Nc3cccc(Cl)c3)c2[N+](=O)[O-])CC1. The molecule has 10 nitrogen and oxygen atoms in total. The van der Waals surface area contributed by atoms with Crippen LogP contribution in [0.2, 0.25) is 5.02 Å². The van der Waals surface area contributed by atoms with Gasteiger partial charge in [-0.05, 0) is 25.1 Å². The lowest BCUT2D eigenvalue weighted by Crippen LogP contribution is -2.49. The first-order valence-electron chi connectivity index (χ1n) is 8.68. The molecule has 11 heteroatoms. The number of benzene rings is 1. The Labute approximate surface area is 166 Å². The Morgan fingerprint density at radius 1 is 1.32 bits per heavy atom. The molecular weight excluding hydrogens is 388 g/mol. The van der Waals surface area contributed by atoms with E-state index in [0.29, 0.717) is 43.5 Å². The fourth-order valence-corrected chi connectivity index (χ4v) is 3.07. The molecular formula is C17H19ClN6O4. The zero-order valence-corrected chi connectivity index (χ0v) is 15.9. The molecule has 1 aliphatic heterocycles.